The predicted molar refractivity (Wildman–Crippen MR) is 84.5 cm³/mol. The molecule has 0 saturated carbocycles. The van der Waals surface area contributed by atoms with Crippen LogP contribution in [0.25, 0.3) is 0 Å². The summed E-state index contributed by atoms with van der Waals surface area (Å²) in [6.45, 7) is 11.7. The van der Waals surface area contributed by atoms with E-state index in [1.54, 1.807) is 0 Å². The lowest BCUT2D eigenvalue weighted by atomic mass is 10.0. The summed E-state index contributed by atoms with van der Waals surface area (Å²) in [6.07, 6.45) is 0. The minimum atomic E-state index is 0.253. The second kappa shape index (κ2) is 7.88. The van der Waals surface area contributed by atoms with Crippen LogP contribution in [0.3, 0.4) is 0 Å². The standard InChI is InChI=1S/C16H27ClN2/c1-12(2)10-19(11-13(3)4)16(9-18)14-6-5-7-15(17)8-14/h5-8,12-13,16H,9-11,18H2,1-4H3. The number of nitrogens with two attached hydrogens (primary N) is 1. The van der Waals surface area contributed by atoms with E-state index in [1.807, 2.05) is 18.2 Å². The molecule has 0 saturated heterocycles. The molecule has 0 aliphatic carbocycles. The molecule has 0 aliphatic heterocycles. The molecule has 2 N–H and O–H groups in total. The average Bonchev–Trinajstić information content (AvgIpc) is 2.28. The molecule has 0 spiro atoms. The third-order valence-corrected chi connectivity index (χ3v) is 3.33. The van der Waals surface area contributed by atoms with Gasteiger partial charge in [-0.05, 0) is 29.5 Å². The molecule has 1 aromatic rings. The van der Waals surface area contributed by atoms with Crippen molar-refractivity contribution in [2.24, 2.45) is 17.6 Å². The van der Waals surface area contributed by atoms with Crippen LogP contribution in [0, 0.1) is 11.8 Å². The first-order chi connectivity index (χ1) is 8.93. The third-order valence-electron chi connectivity index (χ3n) is 3.10. The van der Waals surface area contributed by atoms with Crippen molar-refractivity contribution in [3.63, 3.8) is 0 Å². The lowest BCUT2D eigenvalue weighted by Crippen LogP contribution is -2.38. The Hall–Kier alpha value is -0.570. The summed E-state index contributed by atoms with van der Waals surface area (Å²) in [5.74, 6) is 1.26. The molecule has 1 rings (SSSR count). The van der Waals surface area contributed by atoms with Gasteiger partial charge in [0.25, 0.3) is 0 Å². The molecular weight excluding hydrogens is 256 g/mol. The highest BCUT2D eigenvalue weighted by molar-refractivity contribution is 6.30. The van der Waals surface area contributed by atoms with Gasteiger partial charge in [-0.15, -0.1) is 0 Å². The van der Waals surface area contributed by atoms with Gasteiger partial charge in [0, 0.05) is 30.7 Å². The number of rotatable bonds is 7. The number of halogens is 1. The Morgan fingerprint density at radius 2 is 1.68 bits per heavy atom. The third kappa shape index (κ3) is 5.52. The molecule has 19 heavy (non-hydrogen) atoms. The zero-order valence-corrected chi connectivity index (χ0v) is 13.3. The Bertz CT molecular complexity index is 367. The van der Waals surface area contributed by atoms with Crippen LogP contribution < -0.4 is 5.73 Å². The van der Waals surface area contributed by atoms with E-state index in [9.17, 15) is 0 Å². The number of nitrogens with zero attached hydrogens (tertiary/aromatic N) is 1. The first-order valence-electron chi connectivity index (χ1n) is 7.13. The Morgan fingerprint density at radius 1 is 1.11 bits per heavy atom. The van der Waals surface area contributed by atoms with E-state index in [0.29, 0.717) is 18.4 Å². The SMILES string of the molecule is CC(C)CN(CC(C)C)C(CN)c1cccc(Cl)c1. The summed E-state index contributed by atoms with van der Waals surface area (Å²) >= 11 is 6.10. The Balaban J connectivity index is 2.94. The van der Waals surface area contributed by atoms with Crippen molar-refractivity contribution in [1.82, 2.24) is 4.90 Å². The van der Waals surface area contributed by atoms with Crippen LogP contribution in [-0.4, -0.2) is 24.5 Å². The van der Waals surface area contributed by atoms with Gasteiger partial charge in [0.2, 0.25) is 0 Å². The van der Waals surface area contributed by atoms with E-state index in [-0.39, 0.29) is 6.04 Å². The van der Waals surface area contributed by atoms with Crippen LogP contribution in [0.4, 0.5) is 0 Å². The summed E-state index contributed by atoms with van der Waals surface area (Å²) in [5.41, 5.74) is 7.24. The van der Waals surface area contributed by atoms with E-state index >= 15 is 0 Å². The maximum absolute atomic E-state index is 6.10. The molecule has 0 aliphatic rings. The van der Waals surface area contributed by atoms with Crippen LogP contribution in [-0.2, 0) is 0 Å². The van der Waals surface area contributed by atoms with Crippen molar-refractivity contribution >= 4 is 11.6 Å². The molecular formula is C16H27ClN2. The summed E-state index contributed by atoms with van der Waals surface area (Å²) in [4.78, 5) is 2.49. The zero-order valence-electron chi connectivity index (χ0n) is 12.6. The summed E-state index contributed by atoms with van der Waals surface area (Å²) in [7, 11) is 0. The van der Waals surface area contributed by atoms with Crippen molar-refractivity contribution < 1.29 is 0 Å². The Labute approximate surface area is 122 Å². The Kier molecular flexibility index (Phi) is 6.84. The number of benzene rings is 1. The molecule has 0 radical (unpaired) electrons. The second-order valence-corrected chi connectivity index (χ2v) is 6.48. The largest absolute Gasteiger partial charge is 0.329 e. The first-order valence-corrected chi connectivity index (χ1v) is 7.51. The Morgan fingerprint density at radius 3 is 2.11 bits per heavy atom. The maximum atomic E-state index is 6.10. The van der Waals surface area contributed by atoms with Crippen molar-refractivity contribution in [2.75, 3.05) is 19.6 Å². The fourth-order valence-corrected chi connectivity index (χ4v) is 2.68. The van der Waals surface area contributed by atoms with E-state index in [2.05, 4.69) is 38.7 Å². The lowest BCUT2D eigenvalue weighted by molar-refractivity contribution is 0.160. The van der Waals surface area contributed by atoms with E-state index < -0.39 is 0 Å². The van der Waals surface area contributed by atoms with E-state index in [0.717, 1.165) is 18.1 Å². The van der Waals surface area contributed by atoms with Crippen molar-refractivity contribution in [2.45, 2.75) is 33.7 Å². The van der Waals surface area contributed by atoms with Crippen LogP contribution in [0.5, 0.6) is 0 Å². The minimum Gasteiger partial charge on any atom is -0.329 e. The molecule has 2 nitrogen and oxygen atoms in total. The minimum absolute atomic E-state index is 0.253. The van der Waals surface area contributed by atoms with Crippen LogP contribution >= 0.6 is 11.6 Å². The van der Waals surface area contributed by atoms with Gasteiger partial charge in [-0.2, -0.15) is 0 Å². The van der Waals surface area contributed by atoms with Crippen LogP contribution in [0.2, 0.25) is 5.02 Å². The smallest absolute Gasteiger partial charge is 0.0471 e. The monoisotopic (exact) mass is 282 g/mol. The van der Waals surface area contributed by atoms with E-state index in [1.165, 1.54) is 5.56 Å². The van der Waals surface area contributed by atoms with Gasteiger partial charge in [0.1, 0.15) is 0 Å². The topological polar surface area (TPSA) is 29.3 Å². The molecule has 0 aromatic heterocycles. The van der Waals surface area contributed by atoms with Crippen LogP contribution in [0.15, 0.2) is 24.3 Å². The molecule has 0 fully saturated rings. The first kappa shape index (κ1) is 16.5. The van der Waals surface area contributed by atoms with Gasteiger partial charge >= 0.3 is 0 Å². The van der Waals surface area contributed by atoms with E-state index in [4.69, 9.17) is 17.3 Å². The van der Waals surface area contributed by atoms with Gasteiger partial charge < -0.3 is 5.73 Å². The van der Waals surface area contributed by atoms with Crippen molar-refractivity contribution in [1.29, 1.82) is 0 Å². The fourth-order valence-electron chi connectivity index (χ4n) is 2.48. The second-order valence-electron chi connectivity index (χ2n) is 6.05. The van der Waals surface area contributed by atoms with Gasteiger partial charge in [-0.3, -0.25) is 4.90 Å². The highest BCUT2D eigenvalue weighted by Crippen LogP contribution is 2.24. The number of hydrogen-bond acceptors (Lipinski definition) is 2. The molecule has 1 unspecified atom stereocenters. The summed E-state index contributed by atoms with van der Waals surface area (Å²) in [6, 6.07) is 8.32. The van der Waals surface area contributed by atoms with Crippen LogP contribution in [0.1, 0.15) is 39.3 Å². The molecule has 3 heteroatoms. The highest BCUT2D eigenvalue weighted by Gasteiger charge is 2.20. The van der Waals surface area contributed by atoms with Gasteiger partial charge in [-0.25, -0.2) is 0 Å². The molecule has 1 aromatic carbocycles. The van der Waals surface area contributed by atoms with Crippen molar-refractivity contribution in [3.8, 4) is 0 Å². The fraction of sp³-hybridized carbons (Fsp3) is 0.625. The van der Waals surface area contributed by atoms with Gasteiger partial charge in [-0.1, -0.05) is 51.4 Å². The molecule has 0 bridgehead atoms. The van der Waals surface area contributed by atoms with Gasteiger partial charge in [0.15, 0.2) is 0 Å². The van der Waals surface area contributed by atoms with Gasteiger partial charge in [0.05, 0.1) is 0 Å². The molecule has 1 atom stereocenters. The van der Waals surface area contributed by atoms with Crippen molar-refractivity contribution in [3.05, 3.63) is 34.9 Å². The quantitative estimate of drug-likeness (QED) is 0.820. The predicted octanol–water partition coefficient (Wildman–Crippen LogP) is 3.95. The summed E-state index contributed by atoms with van der Waals surface area (Å²) < 4.78 is 0. The summed E-state index contributed by atoms with van der Waals surface area (Å²) in [5, 5.41) is 0.782. The average molecular weight is 283 g/mol. The molecule has 0 amide bonds. The lowest BCUT2D eigenvalue weighted by Gasteiger charge is -2.34. The normalized spacial score (nSPS) is 13.5. The highest BCUT2D eigenvalue weighted by atomic mass is 35.5. The maximum Gasteiger partial charge on any atom is 0.0471 e. The number of hydrogen-bond donors (Lipinski definition) is 1. The molecule has 108 valence electrons. The zero-order chi connectivity index (χ0) is 14.4. The molecule has 0 heterocycles.